The molecule has 0 radical (unpaired) electrons. The molecule has 0 saturated heterocycles. The van der Waals surface area contributed by atoms with Gasteiger partial charge in [0.1, 0.15) is 5.75 Å². The van der Waals surface area contributed by atoms with E-state index in [1.165, 1.54) is 17.7 Å². The molecular formula is C24H29N3O2S. The maximum Gasteiger partial charge on any atom is 0.255 e. The summed E-state index contributed by atoms with van der Waals surface area (Å²) in [6, 6.07) is 15.1. The van der Waals surface area contributed by atoms with Crippen molar-refractivity contribution >= 4 is 23.4 Å². The molecule has 0 spiro atoms. The van der Waals surface area contributed by atoms with Gasteiger partial charge in [-0.25, -0.2) is 4.98 Å². The highest BCUT2D eigenvalue weighted by atomic mass is 32.2. The van der Waals surface area contributed by atoms with Gasteiger partial charge in [0.25, 0.3) is 5.91 Å². The van der Waals surface area contributed by atoms with Crippen LogP contribution >= 0.6 is 11.8 Å². The van der Waals surface area contributed by atoms with Crippen LogP contribution in [0.4, 0.5) is 5.69 Å². The number of aryl methyl sites for hydroxylation is 1. The van der Waals surface area contributed by atoms with Gasteiger partial charge in [0.05, 0.1) is 12.8 Å². The Morgan fingerprint density at radius 1 is 1.10 bits per heavy atom. The van der Waals surface area contributed by atoms with Crippen LogP contribution in [0, 0.1) is 13.8 Å². The van der Waals surface area contributed by atoms with Crippen molar-refractivity contribution in [3.05, 3.63) is 71.0 Å². The minimum atomic E-state index is -0.124. The Morgan fingerprint density at radius 3 is 2.43 bits per heavy atom. The molecule has 3 rings (SSSR count). The quantitative estimate of drug-likeness (QED) is 0.438. The number of hydrogen-bond acceptors (Lipinski definition) is 4. The van der Waals surface area contributed by atoms with E-state index in [-0.39, 0.29) is 5.91 Å². The number of imidazole rings is 1. The molecule has 0 aliphatic heterocycles. The topological polar surface area (TPSA) is 56.2 Å². The minimum absolute atomic E-state index is 0.124. The van der Waals surface area contributed by atoms with E-state index in [9.17, 15) is 4.79 Å². The van der Waals surface area contributed by atoms with Crippen molar-refractivity contribution in [1.29, 1.82) is 0 Å². The molecule has 2 aromatic carbocycles. The fraction of sp³-hybridized carbons (Fsp3) is 0.333. The van der Waals surface area contributed by atoms with Crippen molar-refractivity contribution in [3.63, 3.8) is 0 Å². The van der Waals surface area contributed by atoms with E-state index in [2.05, 4.69) is 30.7 Å². The van der Waals surface area contributed by atoms with Crippen LogP contribution in [0.15, 0.2) is 53.7 Å². The molecule has 158 valence electrons. The van der Waals surface area contributed by atoms with E-state index in [0.717, 1.165) is 41.0 Å². The summed E-state index contributed by atoms with van der Waals surface area (Å²) in [5, 5.41) is 3.98. The molecule has 5 nitrogen and oxygen atoms in total. The summed E-state index contributed by atoms with van der Waals surface area (Å²) in [6.07, 6.45) is 2.32. The molecule has 0 aliphatic rings. The van der Waals surface area contributed by atoms with Crippen molar-refractivity contribution in [3.8, 4) is 5.75 Å². The van der Waals surface area contributed by atoms with Gasteiger partial charge in [0.2, 0.25) is 0 Å². The second-order valence-electron chi connectivity index (χ2n) is 7.24. The molecule has 0 bridgehead atoms. The summed E-state index contributed by atoms with van der Waals surface area (Å²) in [5.74, 6) is 1.46. The number of amides is 1. The van der Waals surface area contributed by atoms with E-state index >= 15 is 0 Å². The zero-order valence-corrected chi connectivity index (χ0v) is 18.9. The standard InChI is InChI=1S/C24H29N3O2S/c1-5-6-15-27-18(3)17(2)25-24(27)30-16-19-7-9-20(10-8-19)23(28)26-21-11-13-22(29-4)14-12-21/h7-14H,5-6,15-16H2,1-4H3,(H,26,28). The van der Waals surface area contributed by atoms with Gasteiger partial charge in [-0.3, -0.25) is 4.79 Å². The predicted molar refractivity (Wildman–Crippen MR) is 124 cm³/mol. The average molecular weight is 424 g/mol. The molecule has 1 N–H and O–H groups in total. The summed E-state index contributed by atoms with van der Waals surface area (Å²) >= 11 is 1.75. The van der Waals surface area contributed by atoms with Crippen LogP contribution in [-0.4, -0.2) is 22.6 Å². The fourth-order valence-electron chi connectivity index (χ4n) is 3.09. The third kappa shape index (κ3) is 5.45. The largest absolute Gasteiger partial charge is 0.497 e. The highest BCUT2D eigenvalue weighted by Gasteiger charge is 2.12. The lowest BCUT2D eigenvalue weighted by atomic mass is 10.1. The van der Waals surface area contributed by atoms with E-state index in [1.54, 1.807) is 18.9 Å². The molecule has 1 heterocycles. The Balaban J connectivity index is 1.60. The SMILES string of the molecule is CCCCn1c(SCc2ccc(C(=O)Nc3ccc(OC)cc3)cc2)nc(C)c1C. The number of benzene rings is 2. The minimum Gasteiger partial charge on any atom is -0.497 e. The zero-order chi connectivity index (χ0) is 21.5. The predicted octanol–water partition coefficient (Wildman–Crippen LogP) is 5.85. The molecule has 0 atom stereocenters. The Morgan fingerprint density at radius 2 is 1.80 bits per heavy atom. The van der Waals surface area contributed by atoms with Gasteiger partial charge in [-0.05, 0) is 62.2 Å². The fourth-order valence-corrected chi connectivity index (χ4v) is 4.16. The van der Waals surface area contributed by atoms with Gasteiger partial charge < -0.3 is 14.6 Å². The van der Waals surface area contributed by atoms with Crippen LogP contribution in [0.25, 0.3) is 0 Å². The smallest absolute Gasteiger partial charge is 0.255 e. The number of ether oxygens (including phenoxy) is 1. The van der Waals surface area contributed by atoms with Gasteiger partial charge in [-0.2, -0.15) is 0 Å². The van der Waals surface area contributed by atoms with Crippen molar-refractivity contribution in [2.24, 2.45) is 0 Å². The lowest BCUT2D eigenvalue weighted by molar-refractivity contribution is 0.102. The number of carbonyl (C=O) groups is 1. The lowest BCUT2D eigenvalue weighted by Gasteiger charge is -2.10. The molecule has 0 aliphatic carbocycles. The molecule has 30 heavy (non-hydrogen) atoms. The number of aromatic nitrogens is 2. The Bertz CT molecular complexity index is 979. The number of unbranched alkanes of at least 4 members (excludes halogenated alkanes) is 1. The van der Waals surface area contributed by atoms with Gasteiger partial charge in [0, 0.05) is 29.2 Å². The van der Waals surface area contributed by atoms with Crippen LogP contribution in [0.5, 0.6) is 5.75 Å². The summed E-state index contributed by atoms with van der Waals surface area (Å²) in [6.45, 7) is 7.42. The normalized spacial score (nSPS) is 10.8. The van der Waals surface area contributed by atoms with Gasteiger partial charge >= 0.3 is 0 Å². The number of nitrogens with zero attached hydrogens (tertiary/aromatic N) is 2. The zero-order valence-electron chi connectivity index (χ0n) is 18.1. The van der Waals surface area contributed by atoms with Crippen molar-refractivity contribution < 1.29 is 9.53 Å². The van der Waals surface area contributed by atoms with E-state index in [0.29, 0.717) is 5.56 Å². The third-order valence-electron chi connectivity index (χ3n) is 5.09. The first-order valence-electron chi connectivity index (χ1n) is 10.2. The van der Waals surface area contributed by atoms with E-state index in [4.69, 9.17) is 9.72 Å². The number of thioether (sulfide) groups is 1. The molecule has 3 aromatic rings. The highest BCUT2D eigenvalue weighted by molar-refractivity contribution is 7.98. The van der Waals surface area contributed by atoms with Gasteiger partial charge in [-0.1, -0.05) is 37.2 Å². The Labute approximate surface area is 182 Å². The van der Waals surface area contributed by atoms with Crippen molar-refractivity contribution in [1.82, 2.24) is 9.55 Å². The van der Waals surface area contributed by atoms with Gasteiger partial charge in [-0.15, -0.1) is 0 Å². The van der Waals surface area contributed by atoms with Crippen molar-refractivity contribution in [2.75, 3.05) is 12.4 Å². The molecular weight excluding hydrogens is 394 g/mol. The molecule has 0 saturated carbocycles. The third-order valence-corrected chi connectivity index (χ3v) is 6.14. The summed E-state index contributed by atoms with van der Waals surface area (Å²) < 4.78 is 7.46. The number of carbonyl (C=O) groups excluding carboxylic acids is 1. The first kappa shape index (κ1) is 22.0. The molecule has 0 fully saturated rings. The lowest BCUT2D eigenvalue weighted by Crippen LogP contribution is -2.11. The molecule has 1 aromatic heterocycles. The Hall–Kier alpha value is -2.73. The van der Waals surface area contributed by atoms with Crippen LogP contribution < -0.4 is 10.1 Å². The number of hydrogen-bond donors (Lipinski definition) is 1. The van der Waals surface area contributed by atoms with E-state index < -0.39 is 0 Å². The number of anilines is 1. The second-order valence-corrected chi connectivity index (χ2v) is 8.18. The second kappa shape index (κ2) is 10.3. The van der Waals surface area contributed by atoms with Crippen LogP contribution in [0.3, 0.4) is 0 Å². The molecule has 6 heteroatoms. The number of methoxy groups -OCH3 is 1. The number of rotatable bonds is 9. The molecule has 1 amide bonds. The maximum absolute atomic E-state index is 12.5. The average Bonchev–Trinajstić information content (AvgIpc) is 3.04. The van der Waals surface area contributed by atoms with Crippen LogP contribution in [-0.2, 0) is 12.3 Å². The highest BCUT2D eigenvalue weighted by Crippen LogP contribution is 2.25. The maximum atomic E-state index is 12.5. The van der Waals surface area contributed by atoms with Gasteiger partial charge in [0.15, 0.2) is 5.16 Å². The van der Waals surface area contributed by atoms with Crippen LogP contribution in [0.1, 0.15) is 47.1 Å². The first-order chi connectivity index (χ1) is 14.5. The number of nitrogens with one attached hydrogen (secondary N) is 1. The monoisotopic (exact) mass is 423 g/mol. The Kier molecular flexibility index (Phi) is 7.57. The summed E-state index contributed by atoms with van der Waals surface area (Å²) in [7, 11) is 1.62. The van der Waals surface area contributed by atoms with Crippen LogP contribution in [0.2, 0.25) is 0 Å². The van der Waals surface area contributed by atoms with Crippen molar-refractivity contribution in [2.45, 2.75) is 51.1 Å². The summed E-state index contributed by atoms with van der Waals surface area (Å²) in [5.41, 5.74) is 4.89. The first-order valence-corrected chi connectivity index (χ1v) is 11.2. The summed E-state index contributed by atoms with van der Waals surface area (Å²) in [4.78, 5) is 17.2. The molecule has 0 unspecified atom stereocenters. The van der Waals surface area contributed by atoms with E-state index in [1.807, 2.05) is 48.5 Å².